The zero-order valence-corrected chi connectivity index (χ0v) is 59.9. The molecular weight excluding hydrogens is 1220 g/mol. The summed E-state index contributed by atoms with van der Waals surface area (Å²) in [6.45, 7) is 27.4. The summed E-state index contributed by atoms with van der Waals surface area (Å²) in [4.78, 5) is 5.09. The van der Waals surface area contributed by atoms with E-state index in [1.807, 2.05) is 0 Å². The second kappa shape index (κ2) is 23.4. The number of rotatable bonds is 8. The highest BCUT2D eigenvalue weighted by Gasteiger charge is 2.47. The fourth-order valence-corrected chi connectivity index (χ4v) is 16.3. The Morgan fingerprint density at radius 3 is 0.921 bits per heavy atom. The lowest BCUT2D eigenvalue weighted by molar-refractivity contribution is 0.590. The van der Waals surface area contributed by atoms with Gasteiger partial charge in [-0.3, -0.25) is 0 Å². The first kappa shape index (κ1) is 63.1. The van der Waals surface area contributed by atoms with Crippen LogP contribution in [-0.4, -0.2) is 15.8 Å². The summed E-state index contributed by atoms with van der Waals surface area (Å²) in [5.74, 6) is 0. The van der Waals surface area contributed by atoms with Gasteiger partial charge >= 0.3 is 0 Å². The van der Waals surface area contributed by atoms with E-state index in [2.05, 4.69) is 387 Å². The number of anilines is 6. The zero-order chi connectivity index (χ0) is 69.6. The molecule has 0 saturated carbocycles. The van der Waals surface area contributed by atoms with Gasteiger partial charge in [0.15, 0.2) is 0 Å². The molecule has 13 aromatic carbocycles. The maximum absolute atomic E-state index is 12.3. The van der Waals surface area contributed by atoms with Crippen LogP contribution in [-0.2, 0) is 21.7 Å². The molecule has 0 unspecified atom stereocenters. The molecule has 0 atom stereocenters. The van der Waals surface area contributed by atoms with Gasteiger partial charge in [0.1, 0.15) is 6.07 Å². The molecule has 101 heavy (non-hydrogen) atoms. The molecule has 5 nitrogen and oxygen atoms in total. The SMILES string of the molecule is CC(C)(C)c1ccc2c(c1)c1cc(C(C)(C)C)ccc1n2-c1ccc2c(c1)N(c1c(-c3ccccc3)cccc1-c1ccccc1)c1ccc(C#N)c3c1B2c1ccc(-n2c4ccc(C(C)(C)C)cc4c4cc(C(C)(C)C)ccc42)cc1N3c1c(-c2ccccc2)cccc1-c1ccccc1. The standard InChI is InChI=1S/C95H82BN5/c1-92(2,3)65-40-49-81-75(53-65)76-54-66(93(4,5)6)41-50-82(76)98(81)69-44-46-79-86(57-69)100(90-71(60-27-17-13-18-28-60)35-25-36-72(90)61-29-19-14-20-30-61)85-48-39-64(59-97)89-88(85)96(79)80-47-45-70(99-83-51-42-67(94(7,8)9)55-77(83)78-56-68(95(10,11)12)43-52-84(78)99)58-87(80)101(89)91-73(62-31-21-15-22-32-62)37-26-38-74(91)63-33-23-16-24-34-63/h13-58H,1-12H3. The average Bonchev–Trinajstić information content (AvgIpc) is 1.06. The normalized spacial score (nSPS) is 13.1. The molecule has 0 radical (unpaired) electrons. The molecule has 0 fully saturated rings. The third-order valence-corrected chi connectivity index (χ3v) is 21.6. The lowest BCUT2D eigenvalue weighted by Gasteiger charge is -2.46. The van der Waals surface area contributed by atoms with Crippen LogP contribution in [0.2, 0.25) is 0 Å². The molecule has 0 saturated heterocycles. The van der Waals surface area contributed by atoms with Gasteiger partial charge in [0.2, 0.25) is 0 Å². The van der Waals surface area contributed by atoms with E-state index in [9.17, 15) is 5.26 Å². The van der Waals surface area contributed by atoms with Crippen LogP contribution < -0.4 is 26.2 Å². The van der Waals surface area contributed by atoms with Crippen LogP contribution in [0, 0.1) is 11.3 Å². The van der Waals surface area contributed by atoms with E-state index in [-0.39, 0.29) is 28.4 Å². The molecule has 2 aliphatic rings. The highest BCUT2D eigenvalue weighted by molar-refractivity contribution is 7.00. The van der Waals surface area contributed by atoms with Crippen molar-refractivity contribution < 1.29 is 0 Å². The molecule has 0 bridgehead atoms. The second-order valence-corrected chi connectivity index (χ2v) is 32.1. The van der Waals surface area contributed by atoms with Gasteiger partial charge in [0.05, 0.1) is 44.7 Å². The van der Waals surface area contributed by atoms with E-state index in [0.29, 0.717) is 5.56 Å². The number of aromatic nitrogens is 2. The second-order valence-electron chi connectivity index (χ2n) is 32.1. The molecule has 0 N–H and O–H groups in total. The van der Waals surface area contributed by atoms with Crippen molar-refractivity contribution in [3.8, 4) is 62.0 Å². The molecule has 490 valence electrons. The van der Waals surface area contributed by atoms with Crippen LogP contribution in [0.15, 0.2) is 279 Å². The molecule has 4 heterocycles. The highest BCUT2D eigenvalue weighted by atomic mass is 15.2. The molecule has 2 aromatic heterocycles. The number of nitriles is 1. The minimum atomic E-state index is -0.356. The highest BCUT2D eigenvalue weighted by Crippen LogP contribution is 2.54. The Bertz CT molecular complexity index is 5610. The van der Waals surface area contributed by atoms with Crippen molar-refractivity contribution in [3.05, 3.63) is 307 Å². The topological polar surface area (TPSA) is 40.1 Å². The van der Waals surface area contributed by atoms with Crippen LogP contribution in [0.25, 0.3) is 99.5 Å². The molecular formula is C95H82BN5. The number of benzene rings is 13. The van der Waals surface area contributed by atoms with Gasteiger partial charge in [0.25, 0.3) is 6.71 Å². The Labute approximate surface area is 594 Å². The van der Waals surface area contributed by atoms with Gasteiger partial charge in [0, 0.05) is 72.2 Å². The van der Waals surface area contributed by atoms with Crippen molar-refractivity contribution in [2.45, 2.75) is 105 Å². The number of hydrogen-bond donors (Lipinski definition) is 0. The molecule has 6 heteroatoms. The van der Waals surface area contributed by atoms with Crippen LogP contribution in [0.1, 0.15) is 111 Å². The fourth-order valence-electron chi connectivity index (χ4n) is 16.3. The summed E-state index contributed by atoms with van der Waals surface area (Å²) in [5.41, 5.74) is 30.2. The van der Waals surface area contributed by atoms with E-state index in [0.717, 1.165) is 128 Å². The van der Waals surface area contributed by atoms with Gasteiger partial charge in [-0.15, -0.1) is 0 Å². The van der Waals surface area contributed by atoms with Gasteiger partial charge in [-0.05, 0) is 167 Å². The minimum absolute atomic E-state index is 0.0635. The van der Waals surface area contributed by atoms with Crippen molar-refractivity contribution in [1.29, 1.82) is 5.26 Å². The Hall–Kier alpha value is -11.4. The predicted molar refractivity (Wildman–Crippen MR) is 430 cm³/mol. The van der Waals surface area contributed by atoms with Crippen molar-refractivity contribution in [2.24, 2.45) is 0 Å². The minimum Gasteiger partial charge on any atom is -0.310 e. The van der Waals surface area contributed by atoms with Crippen LogP contribution >= 0.6 is 0 Å². The van der Waals surface area contributed by atoms with E-state index in [1.54, 1.807) is 0 Å². The van der Waals surface area contributed by atoms with Crippen molar-refractivity contribution in [3.63, 3.8) is 0 Å². The quantitative estimate of drug-likeness (QED) is 0.142. The first-order valence-electron chi connectivity index (χ1n) is 35.7. The average molecular weight is 1300 g/mol. The molecule has 15 aromatic rings. The monoisotopic (exact) mass is 1300 g/mol. The predicted octanol–water partition coefficient (Wildman–Crippen LogP) is 23.7. The third kappa shape index (κ3) is 10.3. The van der Waals surface area contributed by atoms with Crippen molar-refractivity contribution in [1.82, 2.24) is 9.13 Å². The molecule has 0 spiro atoms. The lowest BCUT2D eigenvalue weighted by Crippen LogP contribution is -2.61. The largest absolute Gasteiger partial charge is 0.310 e. The van der Waals surface area contributed by atoms with Crippen molar-refractivity contribution in [2.75, 3.05) is 9.80 Å². The summed E-state index contributed by atoms with van der Waals surface area (Å²) in [5, 5.41) is 17.2. The van der Waals surface area contributed by atoms with Gasteiger partial charge in [-0.1, -0.05) is 277 Å². The van der Waals surface area contributed by atoms with Gasteiger partial charge in [-0.2, -0.15) is 5.26 Å². The van der Waals surface area contributed by atoms with Crippen LogP contribution in [0.5, 0.6) is 0 Å². The van der Waals surface area contributed by atoms with Gasteiger partial charge in [-0.25, -0.2) is 0 Å². The van der Waals surface area contributed by atoms with E-state index >= 15 is 0 Å². The third-order valence-electron chi connectivity index (χ3n) is 21.6. The lowest BCUT2D eigenvalue weighted by atomic mass is 9.33. The van der Waals surface area contributed by atoms with Crippen molar-refractivity contribution >= 4 is 101 Å². The number of para-hydroxylation sites is 2. The fraction of sp³-hybridized carbons (Fsp3) is 0.168. The van der Waals surface area contributed by atoms with E-state index < -0.39 is 0 Å². The van der Waals surface area contributed by atoms with Crippen LogP contribution in [0.4, 0.5) is 34.1 Å². The maximum atomic E-state index is 12.3. The first-order chi connectivity index (χ1) is 48.6. The van der Waals surface area contributed by atoms with Gasteiger partial charge < -0.3 is 18.9 Å². The number of fused-ring (bicyclic) bond motifs is 10. The Kier molecular flexibility index (Phi) is 14.6. The summed E-state index contributed by atoms with van der Waals surface area (Å²) in [7, 11) is 0. The number of nitrogens with zero attached hydrogens (tertiary/aromatic N) is 5. The Morgan fingerprint density at radius 1 is 0.287 bits per heavy atom. The summed E-state index contributed by atoms with van der Waals surface area (Å²) >= 11 is 0. The zero-order valence-electron chi connectivity index (χ0n) is 59.9. The first-order valence-corrected chi connectivity index (χ1v) is 35.7. The molecule has 2 aliphatic heterocycles. The van der Waals surface area contributed by atoms with E-state index in [4.69, 9.17) is 0 Å². The maximum Gasteiger partial charge on any atom is 0.252 e. The van der Waals surface area contributed by atoms with E-state index in [1.165, 1.54) is 43.8 Å². The number of hydrogen-bond acceptors (Lipinski definition) is 3. The molecule has 17 rings (SSSR count). The summed E-state index contributed by atoms with van der Waals surface area (Å²) < 4.78 is 5.01. The van der Waals surface area contributed by atoms with Crippen LogP contribution in [0.3, 0.4) is 0 Å². The Balaban J connectivity index is 1.03. The summed E-state index contributed by atoms with van der Waals surface area (Å²) in [6, 6.07) is 107. The molecule has 0 aliphatic carbocycles. The molecule has 0 amide bonds. The Morgan fingerprint density at radius 2 is 0.604 bits per heavy atom. The smallest absolute Gasteiger partial charge is 0.252 e. The summed E-state index contributed by atoms with van der Waals surface area (Å²) in [6.07, 6.45) is 0.